The third-order valence-electron chi connectivity index (χ3n) is 4.46. The summed E-state index contributed by atoms with van der Waals surface area (Å²) in [5.41, 5.74) is 1.76. The molecule has 1 aliphatic heterocycles. The molecule has 140 valence electrons. The molecular formula is C17H19N7O2S. The summed E-state index contributed by atoms with van der Waals surface area (Å²) in [4.78, 5) is 6.25. The molecule has 0 aliphatic carbocycles. The van der Waals surface area contributed by atoms with E-state index in [1.807, 2.05) is 24.3 Å². The predicted molar refractivity (Wildman–Crippen MR) is 99.4 cm³/mol. The Morgan fingerprint density at radius 3 is 2.56 bits per heavy atom. The van der Waals surface area contributed by atoms with Crippen molar-refractivity contribution in [2.75, 3.05) is 24.5 Å². The van der Waals surface area contributed by atoms with Crippen molar-refractivity contribution in [3.63, 3.8) is 0 Å². The first-order valence-electron chi connectivity index (χ1n) is 8.49. The SMILES string of the molecule is Cn1cc(S(=O)(=O)NCC2CN(c3ccc(-c4ccncc4)nn3)C2)cn1. The number of hydrogen-bond acceptors (Lipinski definition) is 7. The number of nitrogens with one attached hydrogen (secondary N) is 1. The van der Waals surface area contributed by atoms with Gasteiger partial charge in [-0.3, -0.25) is 9.67 Å². The summed E-state index contributed by atoms with van der Waals surface area (Å²) in [7, 11) is -1.83. The molecule has 4 heterocycles. The normalized spacial score (nSPS) is 14.9. The van der Waals surface area contributed by atoms with Gasteiger partial charge < -0.3 is 4.90 Å². The number of aryl methyl sites for hydroxylation is 1. The third kappa shape index (κ3) is 3.81. The Balaban J connectivity index is 1.31. The summed E-state index contributed by atoms with van der Waals surface area (Å²) in [6.45, 7) is 1.86. The van der Waals surface area contributed by atoms with Gasteiger partial charge in [-0.2, -0.15) is 5.10 Å². The van der Waals surface area contributed by atoms with Gasteiger partial charge in [-0.15, -0.1) is 10.2 Å². The van der Waals surface area contributed by atoms with Crippen LogP contribution >= 0.6 is 0 Å². The van der Waals surface area contributed by atoms with Gasteiger partial charge in [-0.25, -0.2) is 13.1 Å². The van der Waals surface area contributed by atoms with Crippen LogP contribution in [0.2, 0.25) is 0 Å². The van der Waals surface area contributed by atoms with Crippen LogP contribution in [-0.4, -0.2) is 53.0 Å². The van der Waals surface area contributed by atoms with Crippen LogP contribution in [0.1, 0.15) is 0 Å². The van der Waals surface area contributed by atoms with Gasteiger partial charge in [0.15, 0.2) is 5.82 Å². The molecule has 9 nitrogen and oxygen atoms in total. The average molecular weight is 385 g/mol. The number of pyridine rings is 1. The summed E-state index contributed by atoms with van der Waals surface area (Å²) in [5.74, 6) is 1.03. The van der Waals surface area contributed by atoms with Crippen LogP contribution in [0.25, 0.3) is 11.3 Å². The zero-order chi connectivity index (χ0) is 18.9. The van der Waals surface area contributed by atoms with Crippen molar-refractivity contribution in [2.24, 2.45) is 13.0 Å². The standard InChI is InChI=1S/C17H19N7O2S/c1-23-12-15(9-19-23)27(25,26)20-8-13-10-24(11-13)17-3-2-16(21-22-17)14-4-6-18-7-5-14/h2-7,9,12-13,20H,8,10-11H2,1H3. The van der Waals surface area contributed by atoms with Gasteiger partial charge in [-0.1, -0.05) is 0 Å². The smallest absolute Gasteiger partial charge is 0.243 e. The fourth-order valence-corrected chi connectivity index (χ4v) is 4.00. The van der Waals surface area contributed by atoms with E-state index in [4.69, 9.17) is 0 Å². The fraction of sp³-hybridized carbons (Fsp3) is 0.294. The molecular weight excluding hydrogens is 366 g/mol. The minimum atomic E-state index is -3.51. The highest BCUT2D eigenvalue weighted by atomic mass is 32.2. The highest BCUT2D eigenvalue weighted by Crippen LogP contribution is 2.24. The zero-order valence-corrected chi connectivity index (χ0v) is 15.5. The molecule has 1 aliphatic rings. The largest absolute Gasteiger partial charge is 0.354 e. The first-order valence-corrected chi connectivity index (χ1v) is 9.97. The van der Waals surface area contributed by atoms with E-state index in [2.05, 4.69) is 29.9 Å². The summed E-state index contributed by atoms with van der Waals surface area (Å²) in [6, 6.07) is 7.63. The summed E-state index contributed by atoms with van der Waals surface area (Å²) in [6.07, 6.45) is 6.26. The Hall–Kier alpha value is -2.85. The summed E-state index contributed by atoms with van der Waals surface area (Å²) >= 11 is 0. The Bertz CT molecular complexity index is 1010. The molecule has 0 radical (unpaired) electrons. The minimum Gasteiger partial charge on any atom is -0.354 e. The maximum Gasteiger partial charge on any atom is 0.243 e. The van der Waals surface area contributed by atoms with Crippen molar-refractivity contribution >= 4 is 15.8 Å². The number of rotatable bonds is 6. The lowest BCUT2D eigenvalue weighted by atomic mass is 10.0. The van der Waals surface area contributed by atoms with E-state index in [1.54, 1.807) is 19.4 Å². The van der Waals surface area contributed by atoms with E-state index >= 15 is 0 Å². The quantitative estimate of drug-likeness (QED) is 0.665. The molecule has 0 atom stereocenters. The molecule has 3 aromatic heterocycles. The second-order valence-corrected chi connectivity index (χ2v) is 8.25. The third-order valence-corrected chi connectivity index (χ3v) is 5.84. The minimum absolute atomic E-state index is 0.179. The lowest BCUT2D eigenvalue weighted by Gasteiger charge is -2.39. The van der Waals surface area contributed by atoms with Crippen LogP contribution < -0.4 is 9.62 Å². The molecule has 0 spiro atoms. The number of nitrogens with zero attached hydrogens (tertiary/aromatic N) is 6. The molecule has 1 N–H and O–H groups in total. The van der Waals surface area contributed by atoms with Gasteiger partial charge in [0.2, 0.25) is 10.0 Å². The maximum atomic E-state index is 12.2. The highest BCUT2D eigenvalue weighted by molar-refractivity contribution is 7.89. The molecule has 10 heteroatoms. The van der Waals surface area contributed by atoms with E-state index in [0.29, 0.717) is 6.54 Å². The Kier molecular flexibility index (Phi) is 4.58. The lowest BCUT2D eigenvalue weighted by molar-refractivity contribution is 0.402. The number of sulfonamides is 1. The van der Waals surface area contributed by atoms with Gasteiger partial charge >= 0.3 is 0 Å². The van der Waals surface area contributed by atoms with E-state index in [-0.39, 0.29) is 10.8 Å². The van der Waals surface area contributed by atoms with Crippen LogP contribution in [0, 0.1) is 5.92 Å². The second-order valence-electron chi connectivity index (χ2n) is 6.49. The van der Waals surface area contributed by atoms with Crippen molar-refractivity contribution in [3.05, 3.63) is 49.1 Å². The molecule has 1 fully saturated rings. The molecule has 0 saturated carbocycles. The van der Waals surface area contributed by atoms with E-state index in [0.717, 1.165) is 30.2 Å². The van der Waals surface area contributed by atoms with Crippen molar-refractivity contribution in [2.45, 2.75) is 4.90 Å². The highest BCUT2D eigenvalue weighted by Gasteiger charge is 2.29. The molecule has 27 heavy (non-hydrogen) atoms. The monoisotopic (exact) mass is 385 g/mol. The van der Waals surface area contributed by atoms with Crippen LogP contribution in [0.4, 0.5) is 5.82 Å². The van der Waals surface area contributed by atoms with Gasteiger partial charge in [0, 0.05) is 56.8 Å². The molecule has 0 unspecified atom stereocenters. The van der Waals surface area contributed by atoms with E-state index in [1.165, 1.54) is 17.1 Å². The Morgan fingerprint density at radius 1 is 1.15 bits per heavy atom. The van der Waals surface area contributed by atoms with Crippen molar-refractivity contribution in [1.29, 1.82) is 0 Å². The number of aromatic nitrogens is 5. The Morgan fingerprint density at radius 2 is 1.93 bits per heavy atom. The molecule has 3 aromatic rings. The zero-order valence-electron chi connectivity index (χ0n) is 14.7. The molecule has 0 bridgehead atoms. The van der Waals surface area contributed by atoms with Crippen molar-refractivity contribution in [3.8, 4) is 11.3 Å². The van der Waals surface area contributed by atoms with E-state index < -0.39 is 10.0 Å². The van der Waals surface area contributed by atoms with Crippen molar-refractivity contribution in [1.82, 2.24) is 29.7 Å². The van der Waals surface area contributed by atoms with Crippen LogP contribution in [0.3, 0.4) is 0 Å². The predicted octanol–water partition coefficient (Wildman–Crippen LogP) is 0.687. The first-order chi connectivity index (χ1) is 13.0. The molecule has 0 amide bonds. The fourth-order valence-electron chi connectivity index (χ4n) is 2.90. The summed E-state index contributed by atoms with van der Waals surface area (Å²) in [5, 5.41) is 12.4. The second kappa shape index (κ2) is 7.05. The topological polar surface area (TPSA) is 106 Å². The van der Waals surface area contributed by atoms with Crippen LogP contribution in [-0.2, 0) is 17.1 Å². The van der Waals surface area contributed by atoms with Gasteiger partial charge in [-0.05, 0) is 24.3 Å². The van der Waals surface area contributed by atoms with Gasteiger partial charge in [0.1, 0.15) is 4.90 Å². The number of anilines is 1. The first kappa shape index (κ1) is 17.6. The number of hydrogen-bond donors (Lipinski definition) is 1. The summed E-state index contributed by atoms with van der Waals surface area (Å²) < 4.78 is 28.5. The molecule has 4 rings (SSSR count). The maximum absolute atomic E-state index is 12.2. The lowest BCUT2D eigenvalue weighted by Crippen LogP contribution is -2.51. The van der Waals surface area contributed by atoms with E-state index in [9.17, 15) is 8.42 Å². The van der Waals surface area contributed by atoms with Gasteiger partial charge in [0.25, 0.3) is 0 Å². The van der Waals surface area contributed by atoms with Crippen molar-refractivity contribution < 1.29 is 8.42 Å². The van der Waals surface area contributed by atoms with Crippen LogP contribution in [0.5, 0.6) is 0 Å². The Labute approximate surface area is 157 Å². The molecule has 0 aromatic carbocycles. The van der Waals surface area contributed by atoms with Crippen LogP contribution in [0.15, 0.2) is 53.9 Å². The van der Waals surface area contributed by atoms with Gasteiger partial charge in [0.05, 0.1) is 11.9 Å². The average Bonchev–Trinajstić information content (AvgIpc) is 3.09. The molecule has 1 saturated heterocycles.